The normalized spacial score (nSPS) is 10.3. The number of rotatable bonds is 6. The third kappa shape index (κ3) is 3.85. The highest BCUT2D eigenvalue weighted by Gasteiger charge is 2.09. The number of hydrogen-bond acceptors (Lipinski definition) is 4. The second kappa shape index (κ2) is 6.75. The molecule has 0 fully saturated rings. The molecule has 2 aromatic rings. The zero-order chi connectivity index (χ0) is 14.4. The van der Waals surface area contributed by atoms with Crippen molar-refractivity contribution in [2.45, 2.75) is 20.3 Å². The highest BCUT2D eigenvalue weighted by atomic mass is 16.5. The fourth-order valence-electron chi connectivity index (χ4n) is 1.98. The molecule has 0 saturated heterocycles. The summed E-state index contributed by atoms with van der Waals surface area (Å²) in [6, 6.07) is 11.8. The largest absolute Gasteiger partial charge is 0.371 e. The number of aromatic nitrogens is 1. The van der Waals surface area contributed by atoms with Gasteiger partial charge in [0, 0.05) is 31.3 Å². The monoisotopic (exact) mass is 273 g/mol. The molecule has 0 bridgehead atoms. The molecule has 0 unspecified atom stereocenters. The standard InChI is InChI=1S/C15H19N3O2/c1-3-18(13-7-5-4-6-8-13)10-9-15(19)16-14-11-12(2)20-17-14/h4-8,11H,3,9-10H2,1-2H3,(H,16,17,19). The first-order valence-corrected chi connectivity index (χ1v) is 6.72. The maximum Gasteiger partial charge on any atom is 0.227 e. The van der Waals surface area contributed by atoms with Gasteiger partial charge >= 0.3 is 0 Å². The molecule has 2 rings (SSSR count). The van der Waals surface area contributed by atoms with Gasteiger partial charge in [-0.1, -0.05) is 23.4 Å². The Morgan fingerprint density at radius 1 is 1.35 bits per heavy atom. The molecular weight excluding hydrogens is 254 g/mol. The average Bonchev–Trinajstić information content (AvgIpc) is 2.86. The molecule has 0 aliphatic heterocycles. The summed E-state index contributed by atoms with van der Waals surface area (Å²) in [5.41, 5.74) is 1.13. The van der Waals surface area contributed by atoms with Gasteiger partial charge in [-0.05, 0) is 26.0 Å². The Labute approximate surface area is 118 Å². The Balaban J connectivity index is 1.85. The minimum atomic E-state index is -0.0623. The van der Waals surface area contributed by atoms with Crippen molar-refractivity contribution < 1.29 is 9.32 Å². The summed E-state index contributed by atoms with van der Waals surface area (Å²) in [7, 11) is 0. The first-order chi connectivity index (χ1) is 9.69. The van der Waals surface area contributed by atoms with E-state index < -0.39 is 0 Å². The molecule has 106 valence electrons. The van der Waals surface area contributed by atoms with Crippen LogP contribution in [0.5, 0.6) is 0 Å². The lowest BCUT2D eigenvalue weighted by molar-refractivity contribution is -0.116. The number of benzene rings is 1. The molecule has 0 saturated carbocycles. The van der Waals surface area contributed by atoms with E-state index >= 15 is 0 Å². The molecule has 0 atom stereocenters. The van der Waals surface area contributed by atoms with E-state index in [0.717, 1.165) is 12.2 Å². The third-order valence-corrected chi connectivity index (χ3v) is 3.01. The summed E-state index contributed by atoms with van der Waals surface area (Å²) in [4.78, 5) is 14.0. The Kier molecular flexibility index (Phi) is 4.76. The minimum Gasteiger partial charge on any atom is -0.371 e. The topological polar surface area (TPSA) is 58.4 Å². The highest BCUT2D eigenvalue weighted by Crippen LogP contribution is 2.13. The number of hydrogen-bond donors (Lipinski definition) is 1. The number of nitrogens with zero attached hydrogens (tertiary/aromatic N) is 2. The van der Waals surface area contributed by atoms with Crippen LogP contribution in [0.1, 0.15) is 19.1 Å². The Morgan fingerprint density at radius 2 is 2.10 bits per heavy atom. The maximum atomic E-state index is 11.9. The SMILES string of the molecule is CCN(CCC(=O)Nc1cc(C)on1)c1ccccc1. The fraction of sp³-hybridized carbons (Fsp3) is 0.333. The highest BCUT2D eigenvalue weighted by molar-refractivity contribution is 5.90. The van der Waals surface area contributed by atoms with Crippen molar-refractivity contribution in [2.75, 3.05) is 23.3 Å². The summed E-state index contributed by atoms with van der Waals surface area (Å²) in [5.74, 6) is 1.09. The molecule has 0 spiro atoms. The number of nitrogens with one attached hydrogen (secondary N) is 1. The number of para-hydroxylation sites is 1. The maximum absolute atomic E-state index is 11.9. The summed E-state index contributed by atoms with van der Waals surface area (Å²) < 4.78 is 4.91. The molecular formula is C15H19N3O2. The number of carbonyl (C=O) groups is 1. The van der Waals surface area contributed by atoms with Gasteiger partial charge in [0.1, 0.15) is 5.76 Å². The van der Waals surface area contributed by atoms with Crippen LogP contribution < -0.4 is 10.2 Å². The quantitative estimate of drug-likeness (QED) is 0.879. The van der Waals surface area contributed by atoms with Crippen LogP contribution in [-0.2, 0) is 4.79 Å². The van der Waals surface area contributed by atoms with Crippen LogP contribution in [0, 0.1) is 6.92 Å². The lowest BCUT2D eigenvalue weighted by Crippen LogP contribution is -2.27. The molecule has 20 heavy (non-hydrogen) atoms. The van der Waals surface area contributed by atoms with Gasteiger partial charge in [0.15, 0.2) is 5.82 Å². The van der Waals surface area contributed by atoms with Crippen LogP contribution in [-0.4, -0.2) is 24.2 Å². The van der Waals surface area contributed by atoms with Gasteiger partial charge in [-0.15, -0.1) is 0 Å². The molecule has 5 heteroatoms. The summed E-state index contributed by atoms with van der Waals surface area (Å²) in [5, 5.41) is 6.46. The number of carbonyl (C=O) groups excluding carboxylic acids is 1. The summed E-state index contributed by atoms with van der Waals surface area (Å²) in [6.07, 6.45) is 0.411. The molecule has 0 aliphatic carbocycles. The zero-order valence-electron chi connectivity index (χ0n) is 11.8. The molecule has 1 aromatic carbocycles. The van der Waals surface area contributed by atoms with Gasteiger partial charge < -0.3 is 14.7 Å². The van der Waals surface area contributed by atoms with Crippen LogP contribution >= 0.6 is 0 Å². The van der Waals surface area contributed by atoms with Crippen molar-refractivity contribution in [3.8, 4) is 0 Å². The minimum absolute atomic E-state index is 0.0623. The first-order valence-electron chi connectivity index (χ1n) is 6.72. The van der Waals surface area contributed by atoms with Crippen molar-refractivity contribution in [1.29, 1.82) is 0 Å². The van der Waals surface area contributed by atoms with Crippen molar-refractivity contribution in [2.24, 2.45) is 0 Å². The second-order valence-electron chi connectivity index (χ2n) is 4.54. The van der Waals surface area contributed by atoms with Crippen LogP contribution in [0.4, 0.5) is 11.5 Å². The Morgan fingerprint density at radius 3 is 2.70 bits per heavy atom. The van der Waals surface area contributed by atoms with E-state index in [4.69, 9.17) is 4.52 Å². The number of anilines is 2. The van der Waals surface area contributed by atoms with E-state index in [1.807, 2.05) is 30.3 Å². The predicted molar refractivity (Wildman–Crippen MR) is 78.8 cm³/mol. The molecule has 0 aliphatic rings. The van der Waals surface area contributed by atoms with Crippen molar-refractivity contribution >= 4 is 17.4 Å². The van der Waals surface area contributed by atoms with E-state index in [-0.39, 0.29) is 5.91 Å². The first kappa shape index (κ1) is 14.1. The predicted octanol–water partition coefficient (Wildman–Crippen LogP) is 2.84. The summed E-state index contributed by atoms with van der Waals surface area (Å²) in [6.45, 7) is 5.40. The van der Waals surface area contributed by atoms with Crippen LogP contribution in [0.2, 0.25) is 0 Å². The molecule has 0 radical (unpaired) electrons. The summed E-state index contributed by atoms with van der Waals surface area (Å²) >= 11 is 0. The van der Waals surface area contributed by atoms with E-state index in [9.17, 15) is 4.79 Å². The van der Waals surface area contributed by atoms with Crippen molar-refractivity contribution in [3.05, 3.63) is 42.2 Å². The lowest BCUT2D eigenvalue weighted by atomic mass is 10.2. The van der Waals surface area contributed by atoms with Gasteiger partial charge in [-0.3, -0.25) is 4.79 Å². The molecule has 1 N–H and O–H groups in total. The molecule has 1 heterocycles. The number of amides is 1. The van der Waals surface area contributed by atoms with Crippen molar-refractivity contribution in [1.82, 2.24) is 5.16 Å². The van der Waals surface area contributed by atoms with Gasteiger partial charge in [-0.2, -0.15) is 0 Å². The van der Waals surface area contributed by atoms with Crippen molar-refractivity contribution in [3.63, 3.8) is 0 Å². The zero-order valence-corrected chi connectivity index (χ0v) is 11.8. The Bertz CT molecular complexity index is 551. The van der Waals surface area contributed by atoms with Crippen LogP contribution in [0.3, 0.4) is 0 Å². The second-order valence-corrected chi connectivity index (χ2v) is 4.54. The molecule has 1 amide bonds. The Hall–Kier alpha value is -2.30. The average molecular weight is 273 g/mol. The third-order valence-electron chi connectivity index (χ3n) is 3.01. The van der Waals surface area contributed by atoms with Gasteiger partial charge in [0.05, 0.1) is 0 Å². The molecule has 5 nitrogen and oxygen atoms in total. The van der Waals surface area contributed by atoms with E-state index in [1.165, 1.54) is 0 Å². The van der Waals surface area contributed by atoms with Crippen LogP contribution in [0.15, 0.2) is 40.9 Å². The lowest BCUT2D eigenvalue weighted by Gasteiger charge is -2.22. The van der Waals surface area contributed by atoms with E-state index in [2.05, 4.69) is 22.3 Å². The van der Waals surface area contributed by atoms with Crippen LogP contribution in [0.25, 0.3) is 0 Å². The van der Waals surface area contributed by atoms with E-state index in [1.54, 1.807) is 13.0 Å². The smallest absolute Gasteiger partial charge is 0.227 e. The van der Waals surface area contributed by atoms with Gasteiger partial charge in [0.25, 0.3) is 0 Å². The fourth-order valence-corrected chi connectivity index (χ4v) is 1.98. The van der Waals surface area contributed by atoms with Gasteiger partial charge in [0.2, 0.25) is 5.91 Å². The van der Waals surface area contributed by atoms with E-state index in [0.29, 0.717) is 24.5 Å². The molecule has 1 aromatic heterocycles. The van der Waals surface area contributed by atoms with Gasteiger partial charge in [-0.25, -0.2) is 0 Å². The number of aryl methyl sites for hydroxylation is 1.